The van der Waals surface area contributed by atoms with E-state index in [9.17, 15) is 13.4 Å². The van der Waals surface area contributed by atoms with Gasteiger partial charge in [-0.2, -0.15) is 0 Å². The number of nitrogens with zero attached hydrogens (tertiary/aromatic N) is 1. The van der Waals surface area contributed by atoms with Crippen molar-refractivity contribution in [1.29, 1.82) is 0 Å². The normalized spacial score (nSPS) is 13.8. The van der Waals surface area contributed by atoms with Crippen LogP contribution in [0.5, 0.6) is 0 Å². The molecule has 1 N–H and O–H groups in total. The first kappa shape index (κ1) is 16.8. The van der Waals surface area contributed by atoms with Crippen molar-refractivity contribution in [2.45, 2.75) is 19.9 Å². The second kappa shape index (κ2) is 8.11. The Morgan fingerprint density at radius 3 is 2.50 bits per heavy atom. The number of carbonyl (C=O) groups is 1. The van der Waals surface area contributed by atoms with Crippen LogP contribution in [-0.4, -0.2) is 44.8 Å². The van der Waals surface area contributed by atoms with Gasteiger partial charge in [0, 0.05) is 23.1 Å². The van der Waals surface area contributed by atoms with Crippen molar-refractivity contribution >= 4 is 16.7 Å². The fourth-order valence-corrected chi connectivity index (χ4v) is 2.77. The van der Waals surface area contributed by atoms with Gasteiger partial charge in [0.1, 0.15) is 11.6 Å². The van der Waals surface area contributed by atoms with Gasteiger partial charge in [0.25, 0.3) is 0 Å². The summed E-state index contributed by atoms with van der Waals surface area (Å²) >= 11 is 0. The van der Waals surface area contributed by atoms with Gasteiger partial charge in [-0.25, -0.2) is 4.39 Å². The molecule has 0 heterocycles. The maximum absolute atomic E-state index is 12.9. The summed E-state index contributed by atoms with van der Waals surface area (Å²) in [5.74, 6) is -0.538. The zero-order valence-electron chi connectivity index (χ0n) is 11.7. The molecular weight excluding hydrogens is 281 g/mol. The van der Waals surface area contributed by atoms with Gasteiger partial charge in [0.15, 0.2) is 0 Å². The summed E-state index contributed by atoms with van der Waals surface area (Å²) in [5, 5.41) is 8.71. The Kier molecular flexibility index (Phi) is 6.81. The summed E-state index contributed by atoms with van der Waals surface area (Å²) in [5.41, 5.74) is 0.828. The van der Waals surface area contributed by atoms with Gasteiger partial charge in [0.2, 0.25) is 5.91 Å². The summed E-state index contributed by atoms with van der Waals surface area (Å²) in [6, 6.07) is 5.78. The predicted octanol–water partition coefficient (Wildman–Crippen LogP) is 1.48. The maximum Gasteiger partial charge on any atom is 0.235 e. The molecule has 0 aromatic heterocycles. The van der Waals surface area contributed by atoms with Crippen LogP contribution >= 0.6 is 0 Å². The van der Waals surface area contributed by atoms with Crippen LogP contribution in [0.2, 0.25) is 0 Å². The van der Waals surface area contributed by atoms with Crippen LogP contribution in [0.4, 0.5) is 4.39 Å². The molecule has 0 aliphatic carbocycles. The molecule has 2 atom stereocenters. The second-order valence-electron chi connectivity index (χ2n) is 4.42. The molecule has 1 aromatic rings. The Morgan fingerprint density at radius 2 is 2.00 bits per heavy atom. The highest BCUT2D eigenvalue weighted by Crippen LogP contribution is 2.20. The maximum atomic E-state index is 12.9. The van der Waals surface area contributed by atoms with E-state index in [0.717, 1.165) is 5.56 Å². The number of hydrogen-bond acceptors (Lipinski definition) is 3. The Morgan fingerprint density at radius 1 is 1.40 bits per heavy atom. The molecule has 1 amide bonds. The monoisotopic (exact) mass is 301 g/mol. The van der Waals surface area contributed by atoms with Crippen molar-refractivity contribution in [1.82, 2.24) is 4.90 Å². The molecule has 1 aromatic carbocycles. The number of carbonyl (C=O) groups excluding carboxylic acids is 1. The first-order valence-corrected chi connectivity index (χ1v) is 7.99. The van der Waals surface area contributed by atoms with E-state index in [0.29, 0.717) is 6.54 Å². The molecule has 0 aliphatic rings. The molecule has 0 aliphatic heterocycles. The van der Waals surface area contributed by atoms with Crippen LogP contribution in [0, 0.1) is 5.82 Å². The lowest BCUT2D eigenvalue weighted by Crippen LogP contribution is -2.37. The average Bonchev–Trinajstić information content (AvgIpc) is 2.40. The number of halogens is 1. The molecule has 2 unspecified atom stereocenters. The Balaban J connectivity index is 2.76. The van der Waals surface area contributed by atoms with Crippen LogP contribution in [0.1, 0.15) is 25.5 Å². The molecule has 6 heteroatoms. The number of aliphatic hydroxyl groups is 1. The van der Waals surface area contributed by atoms with Crippen LogP contribution < -0.4 is 0 Å². The highest BCUT2D eigenvalue weighted by atomic mass is 32.2. The van der Waals surface area contributed by atoms with Gasteiger partial charge in [-0.15, -0.1) is 0 Å². The lowest BCUT2D eigenvalue weighted by molar-refractivity contribution is -0.130. The van der Waals surface area contributed by atoms with Crippen LogP contribution in [0.25, 0.3) is 0 Å². The minimum absolute atomic E-state index is 0.0973. The van der Waals surface area contributed by atoms with Crippen LogP contribution in [0.3, 0.4) is 0 Å². The van der Waals surface area contributed by atoms with E-state index in [1.807, 2.05) is 13.8 Å². The number of amides is 1. The lowest BCUT2D eigenvalue weighted by Gasteiger charge is -2.28. The van der Waals surface area contributed by atoms with Gasteiger partial charge in [-0.3, -0.25) is 9.00 Å². The van der Waals surface area contributed by atoms with E-state index < -0.39 is 10.8 Å². The molecular formula is C14H20FNO3S. The zero-order chi connectivity index (χ0) is 15.1. The summed E-state index contributed by atoms with van der Waals surface area (Å²) in [7, 11) is -1.35. The van der Waals surface area contributed by atoms with Crippen LogP contribution in [-0.2, 0) is 15.6 Å². The third-order valence-corrected chi connectivity index (χ3v) is 4.29. The molecule has 1 rings (SSSR count). The summed E-state index contributed by atoms with van der Waals surface area (Å²) in [4.78, 5) is 13.7. The number of benzene rings is 1. The largest absolute Gasteiger partial charge is 0.395 e. The third kappa shape index (κ3) is 4.68. The molecule has 0 saturated heterocycles. The third-order valence-electron chi connectivity index (χ3n) is 3.08. The van der Waals surface area contributed by atoms with E-state index in [4.69, 9.17) is 5.11 Å². The molecule has 112 valence electrons. The molecule has 0 fully saturated rings. The smallest absolute Gasteiger partial charge is 0.235 e. The van der Waals surface area contributed by atoms with Gasteiger partial charge < -0.3 is 10.0 Å². The van der Waals surface area contributed by atoms with E-state index >= 15 is 0 Å². The molecule has 4 nitrogen and oxygen atoms in total. The number of hydrogen-bond donors (Lipinski definition) is 1. The molecule has 0 radical (unpaired) electrons. The van der Waals surface area contributed by atoms with Crippen molar-refractivity contribution < 1.29 is 18.5 Å². The topological polar surface area (TPSA) is 57.6 Å². The van der Waals surface area contributed by atoms with Crippen molar-refractivity contribution in [3.8, 4) is 0 Å². The average molecular weight is 301 g/mol. The fraction of sp³-hybridized carbons (Fsp3) is 0.500. The Labute approximate surface area is 121 Å². The minimum atomic E-state index is -1.35. The van der Waals surface area contributed by atoms with Crippen molar-refractivity contribution in [3.05, 3.63) is 35.6 Å². The zero-order valence-corrected chi connectivity index (χ0v) is 12.5. The minimum Gasteiger partial charge on any atom is -0.395 e. The fourth-order valence-electron chi connectivity index (χ4n) is 1.98. The Hall–Kier alpha value is -1.27. The predicted molar refractivity (Wildman–Crippen MR) is 77.2 cm³/mol. The van der Waals surface area contributed by atoms with Crippen LogP contribution in [0.15, 0.2) is 24.3 Å². The highest BCUT2D eigenvalue weighted by molar-refractivity contribution is 7.85. The summed E-state index contributed by atoms with van der Waals surface area (Å²) in [6.45, 7) is 3.98. The number of aliphatic hydroxyl groups excluding tert-OH is 1. The van der Waals surface area contributed by atoms with Gasteiger partial charge in [0.05, 0.1) is 12.6 Å². The van der Waals surface area contributed by atoms with Crippen molar-refractivity contribution in [3.63, 3.8) is 0 Å². The molecule has 0 bridgehead atoms. The van der Waals surface area contributed by atoms with Gasteiger partial charge in [-0.05, 0) is 31.5 Å². The van der Waals surface area contributed by atoms with E-state index in [-0.39, 0.29) is 35.9 Å². The van der Waals surface area contributed by atoms with Crippen molar-refractivity contribution in [2.24, 2.45) is 0 Å². The van der Waals surface area contributed by atoms with E-state index in [1.165, 1.54) is 12.1 Å². The lowest BCUT2D eigenvalue weighted by atomic mass is 10.1. The molecule has 0 spiro atoms. The second-order valence-corrected chi connectivity index (χ2v) is 6.00. The standard InChI is InChI=1S/C14H20FNO3S/c1-3-16(14(18)10-20(19)9-8-17)11(2)12-4-6-13(15)7-5-12/h4-7,11,17H,3,8-10H2,1-2H3. The van der Waals surface area contributed by atoms with Gasteiger partial charge in [-0.1, -0.05) is 12.1 Å². The van der Waals surface area contributed by atoms with Crippen molar-refractivity contribution in [2.75, 3.05) is 24.7 Å². The van der Waals surface area contributed by atoms with E-state index in [2.05, 4.69) is 0 Å². The highest BCUT2D eigenvalue weighted by Gasteiger charge is 2.21. The summed E-state index contributed by atoms with van der Waals surface area (Å²) in [6.07, 6.45) is 0. The SMILES string of the molecule is CCN(C(=O)CS(=O)CCO)C(C)c1ccc(F)cc1. The molecule has 0 saturated carbocycles. The Bertz CT molecular complexity index is 464. The number of rotatable bonds is 7. The van der Waals surface area contributed by atoms with Gasteiger partial charge >= 0.3 is 0 Å². The summed E-state index contributed by atoms with van der Waals surface area (Å²) < 4.78 is 24.4. The quantitative estimate of drug-likeness (QED) is 0.830. The molecule has 20 heavy (non-hydrogen) atoms. The first-order chi connectivity index (χ1) is 9.49. The van der Waals surface area contributed by atoms with E-state index in [1.54, 1.807) is 17.0 Å². The first-order valence-electron chi connectivity index (χ1n) is 6.50.